The van der Waals surface area contributed by atoms with Crippen LogP contribution < -0.4 is 20.7 Å². The van der Waals surface area contributed by atoms with Crippen molar-refractivity contribution < 1.29 is 24.2 Å². The summed E-state index contributed by atoms with van der Waals surface area (Å²) in [6, 6.07) is 15.7. The molecule has 0 fully saturated rings. The van der Waals surface area contributed by atoms with Gasteiger partial charge >= 0.3 is 12.2 Å². The molecular formula is C23H25N3O5. The summed E-state index contributed by atoms with van der Waals surface area (Å²) in [5, 5.41) is 13.0. The van der Waals surface area contributed by atoms with Crippen LogP contribution in [0.15, 0.2) is 54.6 Å². The van der Waals surface area contributed by atoms with Crippen molar-refractivity contribution in [3.8, 4) is 11.5 Å². The van der Waals surface area contributed by atoms with Crippen LogP contribution in [0.1, 0.15) is 20.8 Å². The smallest absolute Gasteiger partial charge is 0.414 e. The number of nitrogen functional groups attached to an aromatic ring is 1. The molecule has 0 spiro atoms. The van der Waals surface area contributed by atoms with Crippen molar-refractivity contribution in [3.63, 3.8) is 0 Å². The third kappa shape index (κ3) is 5.36. The van der Waals surface area contributed by atoms with Gasteiger partial charge in [0.2, 0.25) is 0 Å². The van der Waals surface area contributed by atoms with Gasteiger partial charge in [-0.2, -0.15) is 0 Å². The van der Waals surface area contributed by atoms with Gasteiger partial charge in [0.25, 0.3) is 0 Å². The van der Waals surface area contributed by atoms with Crippen LogP contribution in [0.2, 0.25) is 0 Å². The summed E-state index contributed by atoms with van der Waals surface area (Å²) in [5.74, 6) is 0.963. The molecule has 0 aliphatic heterocycles. The SMILES string of the molecule is CN(C(=O)OC(C)(C)C)c1cc(Oc2ccc3cccc(NC(=O)O)c3c2)ccc1N. The second-order valence-electron chi connectivity index (χ2n) is 7.98. The van der Waals surface area contributed by atoms with Crippen LogP contribution in [-0.2, 0) is 4.74 Å². The number of benzene rings is 3. The molecule has 0 radical (unpaired) electrons. The molecule has 0 heterocycles. The summed E-state index contributed by atoms with van der Waals surface area (Å²) < 4.78 is 11.4. The van der Waals surface area contributed by atoms with Crippen molar-refractivity contribution in [2.24, 2.45) is 0 Å². The predicted octanol–water partition coefficient (Wildman–Crippen LogP) is 5.68. The van der Waals surface area contributed by atoms with Crippen molar-refractivity contribution in [1.82, 2.24) is 0 Å². The first kappa shape index (κ1) is 21.8. The molecule has 3 aromatic carbocycles. The van der Waals surface area contributed by atoms with E-state index in [0.29, 0.717) is 33.9 Å². The van der Waals surface area contributed by atoms with Crippen LogP contribution in [-0.4, -0.2) is 29.9 Å². The summed E-state index contributed by atoms with van der Waals surface area (Å²) in [5.41, 5.74) is 6.72. The van der Waals surface area contributed by atoms with Gasteiger partial charge in [0.1, 0.15) is 17.1 Å². The number of hydrogen-bond donors (Lipinski definition) is 3. The van der Waals surface area contributed by atoms with Gasteiger partial charge in [-0.25, -0.2) is 9.59 Å². The number of anilines is 3. The van der Waals surface area contributed by atoms with Crippen LogP contribution in [0.5, 0.6) is 11.5 Å². The largest absolute Gasteiger partial charge is 0.465 e. The highest BCUT2D eigenvalue weighted by Gasteiger charge is 2.22. The number of carbonyl (C=O) groups excluding carboxylic acids is 1. The minimum Gasteiger partial charge on any atom is -0.465 e. The lowest BCUT2D eigenvalue weighted by atomic mass is 10.1. The Morgan fingerprint density at radius 1 is 1.03 bits per heavy atom. The van der Waals surface area contributed by atoms with Crippen molar-refractivity contribution >= 4 is 40.0 Å². The second-order valence-corrected chi connectivity index (χ2v) is 7.98. The first-order chi connectivity index (χ1) is 14.5. The Morgan fingerprint density at radius 2 is 1.71 bits per heavy atom. The summed E-state index contributed by atoms with van der Waals surface area (Å²) in [6.07, 6.45) is -1.68. The van der Waals surface area contributed by atoms with Crippen LogP contribution in [0.4, 0.5) is 26.7 Å². The molecule has 0 bridgehead atoms. The van der Waals surface area contributed by atoms with Crippen molar-refractivity contribution in [2.45, 2.75) is 26.4 Å². The number of nitrogens with one attached hydrogen (secondary N) is 1. The third-order valence-corrected chi connectivity index (χ3v) is 4.36. The molecule has 3 aromatic rings. The Kier molecular flexibility index (Phi) is 5.92. The Hall–Kier alpha value is -3.94. The molecule has 4 N–H and O–H groups in total. The number of ether oxygens (including phenoxy) is 2. The number of nitrogens with two attached hydrogens (primary N) is 1. The van der Waals surface area contributed by atoms with Crippen LogP contribution in [0, 0.1) is 0 Å². The highest BCUT2D eigenvalue weighted by Crippen LogP contribution is 2.33. The molecule has 3 rings (SSSR count). The number of carbonyl (C=O) groups is 2. The zero-order valence-corrected chi connectivity index (χ0v) is 17.8. The van der Waals surface area contributed by atoms with Crippen molar-refractivity contribution in [2.75, 3.05) is 23.0 Å². The van der Waals surface area contributed by atoms with E-state index < -0.39 is 17.8 Å². The van der Waals surface area contributed by atoms with Crippen LogP contribution in [0.3, 0.4) is 0 Å². The van der Waals surface area contributed by atoms with E-state index in [1.54, 1.807) is 70.3 Å². The molecule has 162 valence electrons. The highest BCUT2D eigenvalue weighted by molar-refractivity contribution is 6.00. The molecular weight excluding hydrogens is 398 g/mol. The lowest BCUT2D eigenvalue weighted by molar-refractivity contribution is 0.0589. The molecule has 8 heteroatoms. The first-order valence-electron chi connectivity index (χ1n) is 9.60. The van der Waals surface area contributed by atoms with Crippen molar-refractivity contribution in [1.29, 1.82) is 0 Å². The van der Waals surface area contributed by atoms with E-state index in [9.17, 15) is 9.59 Å². The first-order valence-corrected chi connectivity index (χ1v) is 9.60. The highest BCUT2D eigenvalue weighted by atomic mass is 16.6. The fourth-order valence-electron chi connectivity index (χ4n) is 2.98. The molecule has 8 nitrogen and oxygen atoms in total. The molecule has 0 aromatic heterocycles. The molecule has 0 aliphatic carbocycles. The maximum atomic E-state index is 12.4. The van der Waals surface area contributed by atoms with E-state index in [1.165, 1.54) is 4.90 Å². The van der Waals surface area contributed by atoms with E-state index >= 15 is 0 Å². The standard InChI is InChI=1S/C23H25N3O5/c1-23(2,3)31-22(29)26(4)20-13-16(10-11-18(20)24)30-15-9-8-14-6-5-7-19(17(14)12-15)25-21(27)28/h5-13,25H,24H2,1-4H3,(H,27,28). The lowest BCUT2D eigenvalue weighted by Crippen LogP contribution is -2.34. The minimum atomic E-state index is -1.15. The minimum absolute atomic E-state index is 0.396. The molecule has 0 unspecified atom stereocenters. The van der Waals surface area contributed by atoms with Gasteiger partial charge in [-0.05, 0) is 56.5 Å². The average Bonchev–Trinajstić information content (AvgIpc) is 2.67. The number of rotatable bonds is 4. The van der Waals surface area contributed by atoms with Gasteiger partial charge in [0.05, 0.1) is 17.1 Å². The fourth-order valence-corrected chi connectivity index (χ4v) is 2.98. The maximum Gasteiger partial charge on any atom is 0.414 e. The third-order valence-electron chi connectivity index (χ3n) is 4.36. The number of nitrogens with zero attached hydrogens (tertiary/aromatic N) is 1. The Morgan fingerprint density at radius 3 is 2.39 bits per heavy atom. The van der Waals surface area contributed by atoms with E-state index in [-0.39, 0.29) is 0 Å². The summed E-state index contributed by atoms with van der Waals surface area (Å²) in [4.78, 5) is 24.8. The van der Waals surface area contributed by atoms with Crippen LogP contribution >= 0.6 is 0 Å². The fraction of sp³-hybridized carbons (Fsp3) is 0.217. The van der Waals surface area contributed by atoms with Crippen LogP contribution in [0.25, 0.3) is 10.8 Å². The van der Waals surface area contributed by atoms with Gasteiger partial charge in [-0.15, -0.1) is 0 Å². The van der Waals surface area contributed by atoms with Gasteiger partial charge in [-0.1, -0.05) is 18.2 Å². The number of amides is 2. The Balaban J connectivity index is 1.89. The van der Waals surface area contributed by atoms with Gasteiger partial charge in [0, 0.05) is 18.5 Å². The predicted molar refractivity (Wildman–Crippen MR) is 121 cm³/mol. The van der Waals surface area contributed by atoms with Gasteiger partial charge in [0.15, 0.2) is 0 Å². The quantitative estimate of drug-likeness (QED) is 0.466. The molecule has 0 saturated carbocycles. The average molecular weight is 423 g/mol. The van der Waals surface area contributed by atoms with E-state index in [4.69, 9.17) is 20.3 Å². The van der Waals surface area contributed by atoms with E-state index in [1.807, 2.05) is 12.1 Å². The maximum absolute atomic E-state index is 12.4. The lowest BCUT2D eigenvalue weighted by Gasteiger charge is -2.25. The zero-order valence-electron chi connectivity index (χ0n) is 17.8. The summed E-state index contributed by atoms with van der Waals surface area (Å²) in [6.45, 7) is 5.36. The second kappa shape index (κ2) is 8.43. The Labute approximate surface area is 180 Å². The molecule has 31 heavy (non-hydrogen) atoms. The zero-order chi connectivity index (χ0) is 22.8. The summed E-state index contributed by atoms with van der Waals surface area (Å²) in [7, 11) is 1.57. The van der Waals surface area contributed by atoms with E-state index in [2.05, 4.69) is 5.32 Å². The topological polar surface area (TPSA) is 114 Å². The Bertz CT molecular complexity index is 1140. The molecule has 2 amide bonds. The van der Waals surface area contributed by atoms with Gasteiger partial charge in [-0.3, -0.25) is 10.2 Å². The number of fused-ring (bicyclic) bond motifs is 1. The summed E-state index contributed by atoms with van der Waals surface area (Å²) >= 11 is 0. The molecule has 0 aliphatic rings. The number of hydrogen-bond acceptors (Lipinski definition) is 5. The molecule has 0 atom stereocenters. The van der Waals surface area contributed by atoms with Gasteiger partial charge < -0.3 is 20.3 Å². The monoisotopic (exact) mass is 423 g/mol. The normalized spacial score (nSPS) is 11.1. The number of carboxylic acid groups (broad SMARTS) is 1. The van der Waals surface area contributed by atoms with Crippen molar-refractivity contribution in [3.05, 3.63) is 54.6 Å². The van der Waals surface area contributed by atoms with E-state index in [0.717, 1.165) is 5.39 Å². The molecule has 0 saturated heterocycles.